The Balaban J connectivity index is 2.01. The van der Waals surface area contributed by atoms with Crippen LogP contribution in [-0.2, 0) is 7.05 Å². The standard InChI is InChI=1S/C13H23N3S/c1-9(11-8-16(3)15-10(11)2)14-12-6-5-7-13(12)17-4/h8-9,12-14H,5-7H2,1-4H3. The molecule has 3 unspecified atom stereocenters. The molecule has 0 bridgehead atoms. The quantitative estimate of drug-likeness (QED) is 0.894. The normalized spacial score (nSPS) is 26.4. The molecule has 1 aromatic rings. The molecule has 96 valence electrons. The zero-order valence-electron chi connectivity index (χ0n) is 11.2. The summed E-state index contributed by atoms with van der Waals surface area (Å²) in [5, 5.41) is 8.98. The van der Waals surface area contributed by atoms with Gasteiger partial charge in [-0.2, -0.15) is 16.9 Å². The molecule has 0 amide bonds. The van der Waals surface area contributed by atoms with Crippen molar-refractivity contribution in [2.24, 2.45) is 7.05 Å². The summed E-state index contributed by atoms with van der Waals surface area (Å²) < 4.78 is 1.91. The van der Waals surface area contributed by atoms with Gasteiger partial charge in [-0.3, -0.25) is 4.68 Å². The highest BCUT2D eigenvalue weighted by molar-refractivity contribution is 7.99. The Hall–Kier alpha value is -0.480. The van der Waals surface area contributed by atoms with E-state index in [-0.39, 0.29) is 0 Å². The van der Waals surface area contributed by atoms with Gasteiger partial charge >= 0.3 is 0 Å². The fourth-order valence-corrected chi connectivity index (χ4v) is 3.80. The predicted octanol–water partition coefficient (Wildman–Crippen LogP) is 2.66. The van der Waals surface area contributed by atoms with Gasteiger partial charge in [-0.25, -0.2) is 0 Å². The summed E-state index contributed by atoms with van der Waals surface area (Å²) >= 11 is 2.00. The SMILES string of the molecule is CSC1CCCC1NC(C)c1cn(C)nc1C. The van der Waals surface area contributed by atoms with Crippen molar-refractivity contribution >= 4 is 11.8 Å². The van der Waals surface area contributed by atoms with Crippen molar-refractivity contribution in [2.75, 3.05) is 6.26 Å². The van der Waals surface area contributed by atoms with Crippen LogP contribution in [-0.4, -0.2) is 27.3 Å². The van der Waals surface area contributed by atoms with E-state index in [1.54, 1.807) is 0 Å². The van der Waals surface area contributed by atoms with E-state index in [4.69, 9.17) is 0 Å². The molecular formula is C13H23N3S. The van der Waals surface area contributed by atoms with Gasteiger partial charge in [-0.1, -0.05) is 6.42 Å². The first-order chi connectivity index (χ1) is 8.11. The average Bonchev–Trinajstić information content (AvgIpc) is 2.84. The van der Waals surface area contributed by atoms with E-state index < -0.39 is 0 Å². The number of thioether (sulfide) groups is 1. The molecule has 17 heavy (non-hydrogen) atoms. The average molecular weight is 253 g/mol. The predicted molar refractivity (Wildman–Crippen MR) is 74.4 cm³/mol. The molecule has 0 saturated heterocycles. The topological polar surface area (TPSA) is 29.9 Å². The van der Waals surface area contributed by atoms with Crippen LogP contribution in [0, 0.1) is 6.92 Å². The van der Waals surface area contributed by atoms with Crippen molar-refractivity contribution in [3.8, 4) is 0 Å². The third kappa shape index (κ3) is 2.86. The van der Waals surface area contributed by atoms with E-state index in [2.05, 4.69) is 36.7 Å². The Labute approximate surface area is 108 Å². The minimum atomic E-state index is 0.404. The van der Waals surface area contributed by atoms with Crippen molar-refractivity contribution in [3.05, 3.63) is 17.5 Å². The van der Waals surface area contributed by atoms with E-state index >= 15 is 0 Å². The lowest BCUT2D eigenvalue weighted by Crippen LogP contribution is -2.35. The Morgan fingerprint density at radius 1 is 1.53 bits per heavy atom. The van der Waals surface area contributed by atoms with Crippen molar-refractivity contribution in [3.63, 3.8) is 0 Å². The summed E-state index contributed by atoms with van der Waals surface area (Å²) in [5.74, 6) is 0. The van der Waals surface area contributed by atoms with Gasteiger partial charge in [0.2, 0.25) is 0 Å². The second-order valence-corrected chi connectivity index (χ2v) is 6.12. The molecule has 2 rings (SSSR count). The first-order valence-electron chi connectivity index (χ1n) is 6.40. The molecule has 0 spiro atoms. The molecule has 3 nitrogen and oxygen atoms in total. The molecular weight excluding hydrogens is 230 g/mol. The van der Waals surface area contributed by atoms with Crippen molar-refractivity contribution in [1.82, 2.24) is 15.1 Å². The van der Waals surface area contributed by atoms with Crippen LogP contribution in [0.3, 0.4) is 0 Å². The zero-order valence-corrected chi connectivity index (χ0v) is 12.0. The molecule has 1 saturated carbocycles. The van der Waals surface area contributed by atoms with Crippen LogP contribution >= 0.6 is 11.8 Å². The Morgan fingerprint density at radius 2 is 2.29 bits per heavy atom. The third-order valence-electron chi connectivity index (χ3n) is 3.74. The maximum atomic E-state index is 4.42. The maximum absolute atomic E-state index is 4.42. The summed E-state index contributed by atoms with van der Waals surface area (Å²) in [6, 6.07) is 1.07. The molecule has 1 fully saturated rings. The van der Waals surface area contributed by atoms with Gasteiger partial charge in [0.25, 0.3) is 0 Å². The van der Waals surface area contributed by atoms with E-state index in [0.717, 1.165) is 10.9 Å². The van der Waals surface area contributed by atoms with Gasteiger partial charge < -0.3 is 5.32 Å². The second-order valence-electron chi connectivity index (χ2n) is 5.04. The van der Waals surface area contributed by atoms with Crippen LogP contribution in [0.4, 0.5) is 0 Å². The summed E-state index contributed by atoms with van der Waals surface area (Å²) in [5.41, 5.74) is 2.48. The Kier molecular flexibility index (Phi) is 4.15. The molecule has 1 aliphatic rings. The molecule has 0 aliphatic heterocycles. The molecule has 1 aromatic heterocycles. The molecule has 1 aliphatic carbocycles. The number of aromatic nitrogens is 2. The second kappa shape index (κ2) is 5.44. The van der Waals surface area contributed by atoms with Gasteiger partial charge in [0.1, 0.15) is 0 Å². The zero-order chi connectivity index (χ0) is 12.4. The van der Waals surface area contributed by atoms with Crippen molar-refractivity contribution in [2.45, 2.75) is 50.4 Å². The third-order valence-corrected chi connectivity index (χ3v) is 4.91. The fourth-order valence-electron chi connectivity index (χ4n) is 2.85. The molecule has 1 heterocycles. The largest absolute Gasteiger partial charge is 0.306 e. The number of rotatable bonds is 4. The van der Waals surface area contributed by atoms with Gasteiger partial charge in [0, 0.05) is 36.1 Å². The minimum Gasteiger partial charge on any atom is -0.306 e. The van der Waals surface area contributed by atoms with Crippen molar-refractivity contribution < 1.29 is 0 Å². The van der Waals surface area contributed by atoms with Crippen LogP contribution in [0.15, 0.2) is 6.20 Å². The van der Waals surface area contributed by atoms with Gasteiger partial charge in [0.05, 0.1) is 5.69 Å². The van der Waals surface area contributed by atoms with Crippen LogP contribution in [0.2, 0.25) is 0 Å². The van der Waals surface area contributed by atoms with Gasteiger partial charge in [-0.05, 0) is 32.9 Å². The number of hydrogen-bond donors (Lipinski definition) is 1. The summed E-state index contributed by atoms with van der Waals surface area (Å²) in [6.45, 7) is 4.34. The number of nitrogens with one attached hydrogen (secondary N) is 1. The molecule has 3 atom stereocenters. The van der Waals surface area contributed by atoms with Crippen LogP contribution in [0.1, 0.15) is 43.5 Å². The first kappa shape index (κ1) is 13.0. The van der Waals surface area contributed by atoms with E-state index in [1.165, 1.54) is 24.8 Å². The summed E-state index contributed by atoms with van der Waals surface area (Å²) in [4.78, 5) is 0. The molecule has 4 heteroatoms. The summed E-state index contributed by atoms with van der Waals surface area (Å²) in [6.07, 6.45) is 8.40. The van der Waals surface area contributed by atoms with E-state index in [9.17, 15) is 0 Å². The van der Waals surface area contributed by atoms with Gasteiger partial charge in [-0.15, -0.1) is 0 Å². The lowest BCUT2D eigenvalue weighted by Gasteiger charge is -2.23. The molecule has 0 aromatic carbocycles. The van der Waals surface area contributed by atoms with Crippen molar-refractivity contribution in [1.29, 1.82) is 0 Å². The lowest BCUT2D eigenvalue weighted by atomic mass is 10.1. The van der Waals surface area contributed by atoms with E-state index in [0.29, 0.717) is 12.1 Å². The van der Waals surface area contributed by atoms with Crippen LogP contribution in [0.25, 0.3) is 0 Å². The Bertz CT molecular complexity index is 375. The summed E-state index contributed by atoms with van der Waals surface area (Å²) in [7, 11) is 1.99. The minimum absolute atomic E-state index is 0.404. The van der Waals surface area contributed by atoms with Crippen LogP contribution in [0.5, 0.6) is 0 Å². The monoisotopic (exact) mass is 253 g/mol. The van der Waals surface area contributed by atoms with Gasteiger partial charge in [0.15, 0.2) is 0 Å². The number of aryl methyl sites for hydroxylation is 2. The highest BCUT2D eigenvalue weighted by atomic mass is 32.2. The van der Waals surface area contributed by atoms with E-state index in [1.807, 2.05) is 23.5 Å². The highest BCUT2D eigenvalue weighted by Gasteiger charge is 2.28. The number of hydrogen-bond acceptors (Lipinski definition) is 3. The first-order valence-corrected chi connectivity index (χ1v) is 7.69. The fraction of sp³-hybridized carbons (Fsp3) is 0.769. The smallest absolute Gasteiger partial charge is 0.0641 e. The molecule has 1 N–H and O–H groups in total. The highest BCUT2D eigenvalue weighted by Crippen LogP contribution is 2.30. The molecule has 0 radical (unpaired) electrons. The lowest BCUT2D eigenvalue weighted by molar-refractivity contribution is 0.466. The number of nitrogens with zero attached hydrogens (tertiary/aromatic N) is 2. The Morgan fingerprint density at radius 3 is 2.88 bits per heavy atom. The maximum Gasteiger partial charge on any atom is 0.0641 e. The van der Waals surface area contributed by atoms with Crippen LogP contribution < -0.4 is 5.32 Å².